The van der Waals surface area contributed by atoms with E-state index in [0.29, 0.717) is 6.54 Å². The summed E-state index contributed by atoms with van der Waals surface area (Å²) in [5, 5.41) is 2.99. The number of hydrogen-bond donors (Lipinski definition) is 1. The number of hydrogen-bond acceptors (Lipinski definition) is 5. The molecule has 1 atom stereocenters. The van der Waals surface area contributed by atoms with Crippen molar-refractivity contribution in [2.24, 2.45) is 5.92 Å². The Balaban J connectivity index is 2.99. The first kappa shape index (κ1) is 14.0. The molecule has 1 heterocycles. The normalized spacial score (nSPS) is 22.2. The molecule has 5 nitrogen and oxygen atoms in total. The lowest BCUT2D eigenvalue weighted by Crippen LogP contribution is -2.59. The van der Waals surface area contributed by atoms with Crippen LogP contribution in [-0.2, 0) is 19.1 Å². The molecule has 1 fully saturated rings. The average Bonchev–Trinajstić information content (AvgIpc) is 2.74. The van der Waals surface area contributed by atoms with Crippen molar-refractivity contribution in [1.29, 1.82) is 0 Å². The van der Waals surface area contributed by atoms with Gasteiger partial charge in [-0.1, -0.05) is 13.3 Å². The Labute approximate surface area is 102 Å². The van der Waals surface area contributed by atoms with Crippen molar-refractivity contribution in [1.82, 2.24) is 5.32 Å². The van der Waals surface area contributed by atoms with E-state index in [-0.39, 0.29) is 19.1 Å². The maximum Gasteiger partial charge on any atom is 0.338 e. The van der Waals surface area contributed by atoms with Crippen LogP contribution in [0.4, 0.5) is 0 Å². The van der Waals surface area contributed by atoms with E-state index in [1.807, 2.05) is 6.92 Å². The predicted octanol–water partition coefficient (Wildman–Crippen LogP) is 0.871. The van der Waals surface area contributed by atoms with Crippen LogP contribution in [-0.4, -0.2) is 37.2 Å². The van der Waals surface area contributed by atoms with E-state index in [1.54, 1.807) is 13.8 Å². The molecule has 0 aromatic carbocycles. The van der Waals surface area contributed by atoms with Gasteiger partial charge in [-0.15, -0.1) is 0 Å². The summed E-state index contributed by atoms with van der Waals surface area (Å²) in [5.41, 5.74) is -1.29. The molecule has 1 aliphatic rings. The second kappa shape index (κ2) is 6.00. The van der Waals surface area contributed by atoms with E-state index in [4.69, 9.17) is 9.47 Å². The first-order chi connectivity index (χ1) is 8.13. The number of carbonyl (C=O) groups is 2. The summed E-state index contributed by atoms with van der Waals surface area (Å²) in [6.07, 6.45) is 1.53. The molecule has 98 valence electrons. The Morgan fingerprint density at radius 3 is 2.12 bits per heavy atom. The zero-order valence-electron chi connectivity index (χ0n) is 10.7. The summed E-state index contributed by atoms with van der Waals surface area (Å²) in [5.74, 6) is -1.08. The molecule has 0 radical (unpaired) electrons. The van der Waals surface area contributed by atoms with Crippen molar-refractivity contribution in [3.63, 3.8) is 0 Å². The van der Waals surface area contributed by atoms with E-state index in [1.165, 1.54) is 0 Å². The van der Waals surface area contributed by atoms with Crippen LogP contribution >= 0.6 is 0 Å². The molecule has 0 aliphatic carbocycles. The van der Waals surface area contributed by atoms with Crippen LogP contribution in [0, 0.1) is 5.92 Å². The smallest absolute Gasteiger partial charge is 0.338 e. The molecule has 0 aromatic rings. The number of nitrogens with one attached hydrogen (secondary N) is 1. The van der Waals surface area contributed by atoms with E-state index >= 15 is 0 Å². The number of esters is 2. The van der Waals surface area contributed by atoms with Gasteiger partial charge < -0.3 is 9.47 Å². The van der Waals surface area contributed by atoms with Gasteiger partial charge in [0.2, 0.25) is 5.54 Å². The van der Waals surface area contributed by atoms with Gasteiger partial charge in [-0.3, -0.25) is 5.32 Å². The fraction of sp³-hybridized carbons (Fsp3) is 0.833. The molecule has 0 amide bonds. The van der Waals surface area contributed by atoms with Crippen LogP contribution in [0.25, 0.3) is 0 Å². The van der Waals surface area contributed by atoms with Gasteiger partial charge >= 0.3 is 11.9 Å². The van der Waals surface area contributed by atoms with Crippen LogP contribution in [0.1, 0.15) is 33.6 Å². The summed E-state index contributed by atoms with van der Waals surface area (Å²) in [6, 6.07) is 0. The van der Waals surface area contributed by atoms with Crippen molar-refractivity contribution < 1.29 is 19.1 Å². The Morgan fingerprint density at radius 2 is 1.71 bits per heavy atom. The molecule has 5 heteroatoms. The summed E-state index contributed by atoms with van der Waals surface area (Å²) in [4.78, 5) is 24.1. The minimum Gasteiger partial charge on any atom is -0.464 e. The van der Waals surface area contributed by atoms with Gasteiger partial charge in [0.05, 0.1) is 13.2 Å². The van der Waals surface area contributed by atoms with E-state index in [9.17, 15) is 9.59 Å². The highest BCUT2D eigenvalue weighted by Gasteiger charge is 2.56. The molecule has 0 bridgehead atoms. The highest BCUT2D eigenvalue weighted by atomic mass is 16.6. The first-order valence-corrected chi connectivity index (χ1v) is 6.22. The minimum absolute atomic E-state index is 0.0550. The summed E-state index contributed by atoms with van der Waals surface area (Å²) in [7, 11) is 0. The fourth-order valence-electron chi connectivity index (χ4n) is 2.37. The third kappa shape index (κ3) is 2.44. The molecule has 0 saturated carbocycles. The maximum absolute atomic E-state index is 12.1. The first-order valence-electron chi connectivity index (χ1n) is 6.22. The molecule has 1 N–H and O–H groups in total. The Kier molecular flexibility index (Phi) is 4.93. The van der Waals surface area contributed by atoms with Gasteiger partial charge in [-0.2, -0.15) is 0 Å². The molecule has 1 rings (SSSR count). The lowest BCUT2D eigenvalue weighted by atomic mass is 9.83. The van der Waals surface area contributed by atoms with Crippen LogP contribution in [0.15, 0.2) is 0 Å². The Bertz CT molecular complexity index is 272. The standard InChI is InChI=1S/C12H21NO4/c1-4-9-7-8-13-12(9,10(14)16-5-2)11(15)17-6-3/h9,13H,4-8H2,1-3H3. The number of ether oxygens (including phenoxy) is 2. The zero-order valence-corrected chi connectivity index (χ0v) is 10.7. The lowest BCUT2D eigenvalue weighted by Gasteiger charge is -2.30. The SMILES string of the molecule is CCOC(=O)C1(C(=O)OCC)NCCC1CC. The van der Waals surface area contributed by atoms with E-state index in [0.717, 1.165) is 12.8 Å². The Hall–Kier alpha value is -1.10. The lowest BCUT2D eigenvalue weighted by molar-refractivity contribution is -0.168. The monoisotopic (exact) mass is 243 g/mol. The highest BCUT2D eigenvalue weighted by Crippen LogP contribution is 2.32. The Morgan fingerprint density at radius 1 is 1.18 bits per heavy atom. The largest absolute Gasteiger partial charge is 0.464 e. The zero-order chi connectivity index (χ0) is 12.9. The van der Waals surface area contributed by atoms with Crippen molar-refractivity contribution in [2.75, 3.05) is 19.8 Å². The molecule has 0 spiro atoms. The van der Waals surface area contributed by atoms with Gasteiger partial charge in [0.15, 0.2) is 0 Å². The highest BCUT2D eigenvalue weighted by molar-refractivity contribution is 6.05. The molecular formula is C12H21NO4. The van der Waals surface area contributed by atoms with Crippen molar-refractivity contribution >= 4 is 11.9 Å². The summed E-state index contributed by atoms with van der Waals surface area (Å²) in [6.45, 7) is 6.58. The molecule has 0 aromatic heterocycles. The van der Waals surface area contributed by atoms with Crippen LogP contribution in [0.5, 0.6) is 0 Å². The second-order valence-electron chi connectivity index (χ2n) is 4.07. The van der Waals surface area contributed by atoms with Crippen molar-refractivity contribution in [2.45, 2.75) is 39.2 Å². The number of rotatable bonds is 5. The van der Waals surface area contributed by atoms with Gasteiger partial charge in [0.1, 0.15) is 0 Å². The van der Waals surface area contributed by atoms with Crippen LogP contribution in [0.2, 0.25) is 0 Å². The summed E-state index contributed by atoms with van der Waals surface area (Å²) >= 11 is 0. The maximum atomic E-state index is 12.1. The third-order valence-electron chi connectivity index (χ3n) is 3.20. The van der Waals surface area contributed by atoms with Gasteiger partial charge in [-0.25, -0.2) is 9.59 Å². The third-order valence-corrected chi connectivity index (χ3v) is 3.20. The van der Waals surface area contributed by atoms with Crippen molar-refractivity contribution in [3.05, 3.63) is 0 Å². The number of carbonyl (C=O) groups excluding carboxylic acids is 2. The molecule has 17 heavy (non-hydrogen) atoms. The van der Waals surface area contributed by atoms with Gasteiger partial charge in [0, 0.05) is 0 Å². The van der Waals surface area contributed by atoms with E-state index in [2.05, 4.69) is 5.32 Å². The summed E-state index contributed by atoms with van der Waals surface area (Å²) < 4.78 is 10.1. The van der Waals surface area contributed by atoms with Gasteiger partial charge in [-0.05, 0) is 32.7 Å². The van der Waals surface area contributed by atoms with Gasteiger partial charge in [0.25, 0.3) is 0 Å². The average molecular weight is 243 g/mol. The van der Waals surface area contributed by atoms with Crippen LogP contribution < -0.4 is 5.32 Å². The predicted molar refractivity (Wildman–Crippen MR) is 62.4 cm³/mol. The fourth-order valence-corrected chi connectivity index (χ4v) is 2.37. The van der Waals surface area contributed by atoms with Crippen LogP contribution in [0.3, 0.4) is 0 Å². The quantitative estimate of drug-likeness (QED) is 0.573. The van der Waals surface area contributed by atoms with Crippen molar-refractivity contribution in [3.8, 4) is 0 Å². The molecule has 1 aliphatic heterocycles. The minimum atomic E-state index is -1.29. The topological polar surface area (TPSA) is 64.6 Å². The molecular weight excluding hydrogens is 222 g/mol. The second-order valence-corrected chi connectivity index (χ2v) is 4.07. The molecule has 1 saturated heterocycles. The molecule has 1 unspecified atom stereocenters. The van der Waals surface area contributed by atoms with E-state index < -0.39 is 17.5 Å².